The molecule has 1 aliphatic rings. The van der Waals surface area contributed by atoms with Crippen LogP contribution in [0, 0.1) is 0 Å². The van der Waals surface area contributed by atoms with E-state index in [0.717, 1.165) is 49.8 Å². The Bertz CT molecular complexity index is 531. The molecule has 1 amide bonds. The molecule has 0 aromatic carbocycles. The summed E-state index contributed by atoms with van der Waals surface area (Å²) in [6, 6.07) is 3.72. The van der Waals surface area contributed by atoms with Crippen LogP contribution in [-0.2, 0) is 4.74 Å². The second-order valence-corrected chi connectivity index (χ2v) is 7.06. The van der Waals surface area contributed by atoms with Crippen LogP contribution < -0.4 is 16.0 Å². The highest BCUT2D eigenvalue weighted by Gasteiger charge is 2.29. The molecule has 0 saturated carbocycles. The Morgan fingerprint density at radius 3 is 2.80 bits per heavy atom. The summed E-state index contributed by atoms with van der Waals surface area (Å²) in [5, 5.41) is 11.4. The van der Waals surface area contributed by atoms with Crippen LogP contribution in [0.15, 0.2) is 22.5 Å². The molecule has 1 saturated heterocycles. The Morgan fingerprint density at radius 1 is 1.36 bits per heavy atom. The predicted octanol–water partition coefficient (Wildman–Crippen LogP) is 2.61. The number of guanidine groups is 1. The van der Waals surface area contributed by atoms with Gasteiger partial charge in [-0.15, -0.1) is 35.3 Å². The number of nitrogens with zero attached hydrogens (tertiary/aromatic N) is 1. The molecule has 1 aromatic rings. The van der Waals surface area contributed by atoms with Crippen LogP contribution in [0.1, 0.15) is 42.8 Å². The first-order chi connectivity index (χ1) is 11.6. The molecular weight excluding hydrogens is 451 g/mol. The Kier molecular flexibility index (Phi) is 10.4. The Labute approximate surface area is 171 Å². The Hall–Kier alpha value is -0.870. The van der Waals surface area contributed by atoms with Crippen LogP contribution >= 0.6 is 35.3 Å². The summed E-state index contributed by atoms with van der Waals surface area (Å²) in [5.41, 5.74) is -0.128. The summed E-state index contributed by atoms with van der Waals surface area (Å²) in [4.78, 5) is 17.2. The Morgan fingerprint density at radius 2 is 2.16 bits per heavy atom. The molecule has 0 bridgehead atoms. The van der Waals surface area contributed by atoms with Crippen molar-refractivity contribution in [1.29, 1.82) is 0 Å². The van der Waals surface area contributed by atoms with Gasteiger partial charge in [-0.1, -0.05) is 6.07 Å². The third-order valence-corrected chi connectivity index (χ3v) is 4.76. The molecule has 1 aromatic heterocycles. The van der Waals surface area contributed by atoms with E-state index in [-0.39, 0.29) is 35.5 Å². The van der Waals surface area contributed by atoms with Crippen LogP contribution in [0.2, 0.25) is 0 Å². The van der Waals surface area contributed by atoms with Crippen LogP contribution in [0.5, 0.6) is 0 Å². The molecule has 2 rings (SSSR count). The van der Waals surface area contributed by atoms with E-state index >= 15 is 0 Å². The van der Waals surface area contributed by atoms with E-state index in [1.165, 1.54) is 11.3 Å². The maximum Gasteiger partial charge on any atom is 0.261 e. The van der Waals surface area contributed by atoms with Crippen molar-refractivity contribution in [3.05, 3.63) is 22.4 Å². The molecule has 6 nitrogen and oxygen atoms in total. The average Bonchev–Trinajstić information content (AvgIpc) is 3.24. The van der Waals surface area contributed by atoms with Gasteiger partial charge >= 0.3 is 0 Å². The standard InChI is InChI=1S/C17H28N4O2S.HI/c1-3-18-16(21-13-17(2)8-5-11-23-17)20-10-6-9-19-15(22)14-7-4-12-24-14;/h4,7,12H,3,5-6,8-11,13H2,1-2H3,(H,19,22)(H2,18,20,21);1H. The molecule has 1 aliphatic heterocycles. The van der Waals surface area contributed by atoms with Gasteiger partial charge in [0.25, 0.3) is 5.91 Å². The number of aliphatic imine (C=N–C) groups is 1. The number of carbonyl (C=O) groups is 1. The normalized spacial score (nSPS) is 20.0. The summed E-state index contributed by atoms with van der Waals surface area (Å²) in [7, 11) is 0. The molecule has 0 spiro atoms. The second kappa shape index (κ2) is 11.7. The molecule has 1 unspecified atom stereocenters. The van der Waals surface area contributed by atoms with Crippen LogP contribution in [0.4, 0.5) is 0 Å². The number of nitrogens with one attached hydrogen (secondary N) is 3. The number of hydrogen-bond acceptors (Lipinski definition) is 4. The van der Waals surface area contributed by atoms with E-state index in [4.69, 9.17) is 4.74 Å². The first kappa shape index (κ1) is 22.2. The third kappa shape index (κ3) is 7.91. The number of ether oxygens (including phenoxy) is 1. The minimum atomic E-state index is -0.128. The fourth-order valence-corrected chi connectivity index (χ4v) is 3.18. The van der Waals surface area contributed by atoms with Crippen molar-refractivity contribution < 1.29 is 9.53 Å². The fraction of sp³-hybridized carbons (Fsp3) is 0.647. The smallest absolute Gasteiger partial charge is 0.261 e. The second-order valence-electron chi connectivity index (χ2n) is 6.11. The summed E-state index contributed by atoms with van der Waals surface area (Å²) in [6.07, 6.45) is 3.01. The SMILES string of the molecule is CCNC(=NCC1(C)CCCO1)NCCCNC(=O)c1cccs1.I. The van der Waals surface area contributed by atoms with E-state index in [1.807, 2.05) is 24.4 Å². The van der Waals surface area contributed by atoms with Crippen molar-refractivity contribution >= 4 is 47.2 Å². The number of thiophene rings is 1. The lowest BCUT2D eigenvalue weighted by Crippen LogP contribution is -2.40. The van der Waals surface area contributed by atoms with E-state index < -0.39 is 0 Å². The van der Waals surface area contributed by atoms with Crippen molar-refractivity contribution in [2.24, 2.45) is 4.99 Å². The molecular formula is C17H29IN4O2S. The fourth-order valence-electron chi connectivity index (χ4n) is 2.54. The van der Waals surface area contributed by atoms with E-state index in [1.54, 1.807) is 0 Å². The zero-order valence-electron chi connectivity index (χ0n) is 15.0. The molecule has 0 aliphatic carbocycles. The van der Waals surface area contributed by atoms with Crippen LogP contribution in [0.3, 0.4) is 0 Å². The first-order valence-electron chi connectivity index (χ1n) is 8.61. The molecule has 0 radical (unpaired) electrons. The molecule has 8 heteroatoms. The minimum Gasteiger partial charge on any atom is -0.373 e. The lowest BCUT2D eigenvalue weighted by molar-refractivity contribution is 0.0283. The van der Waals surface area contributed by atoms with Crippen LogP contribution in [-0.4, -0.2) is 50.3 Å². The van der Waals surface area contributed by atoms with Gasteiger partial charge in [0.1, 0.15) is 0 Å². The number of hydrogen-bond donors (Lipinski definition) is 3. The largest absolute Gasteiger partial charge is 0.373 e. The highest BCUT2D eigenvalue weighted by atomic mass is 127. The van der Waals surface area contributed by atoms with Gasteiger partial charge in [0.2, 0.25) is 0 Å². The highest BCUT2D eigenvalue weighted by molar-refractivity contribution is 14.0. The third-order valence-electron chi connectivity index (χ3n) is 3.89. The number of amides is 1. The maximum absolute atomic E-state index is 11.8. The lowest BCUT2D eigenvalue weighted by atomic mass is 10.0. The van der Waals surface area contributed by atoms with Gasteiger partial charge in [-0.2, -0.15) is 0 Å². The monoisotopic (exact) mass is 480 g/mol. The van der Waals surface area contributed by atoms with Crippen LogP contribution in [0.25, 0.3) is 0 Å². The number of halogens is 1. The van der Waals surface area contributed by atoms with Crippen molar-refractivity contribution in [3.63, 3.8) is 0 Å². The first-order valence-corrected chi connectivity index (χ1v) is 9.49. The van der Waals surface area contributed by atoms with Crippen molar-refractivity contribution in [2.45, 2.75) is 38.7 Å². The summed E-state index contributed by atoms with van der Waals surface area (Å²) >= 11 is 1.46. The van der Waals surface area contributed by atoms with Crippen molar-refractivity contribution in [3.8, 4) is 0 Å². The molecule has 142 valence electrons. The van der Waals surface area contributed by atoms with E-state index in [2.05, 4.69) is 27.9 Å². The zero-order chi connectivity index (χ0) is 17.3. The van der Waals surface area contributed by atoms with Crippen molar-refractivity contribution in [1.82, 2.24) is 16.0 Å². The summed E-state index contributed by atoms with van der Waals surface area (Å²) < 4.78 is 5.76. The van der Waals surface area contributed by atoms with Gasteiger partial charge in [-0.25, -0.2) is 0 Å². The zero-order valence-corrected chi connectivity index (χ0v) is 18.1. The minimum absolute atomic E-state index is 0. The summed E-state index contributed by atoms with van der Waals surface area (Å²) in [5.74, 6) is 0.802. The molecule has 3 N–H and O–H groups in total. The van der Waals surface area contributed by atoms with Crippen molar-refractivity contribution in [2.75, 3.05) is 32.8 Å². The van der Waals surface area contributed by atoms with Gasteiger partial charge in [-0.05, 0) is 44.6 Å². The van der Waals surface area contributed by atoms with E-state index in [0.29, 0.717) is 13.1 Å². The lowest BCUT2D eigenvalue weighted by Gasteiger charge is -2.21. The topological polar surface area (TPSA) is 74.8 Å². The Balaban J connectivity index is 0.00000312. The van der Waals surface area contributed by atoms with Gasteiger partial charge in [0.05, 0.1) is 17.0 Å². The average molecular weight is 480 g/mol. The quantitative estimate of drug-likeness (QED) is 0.232. The number of carbonyl (C=O) groups excluding carboxylic acids is 1. The van der Waals surface area contributed by atoms with E-state index in [9.17, 15) is 4.79 Å². The number of rotatable bonds is 8. The molecule has 1 atom stereocenters. The highest BCUT2D eigenvalue weighted by Crippen LogP contribution is 2.24. The van der Waals surface area contributed by atoms with Gasteiger partial charge < -0.3 is 20.7 Å². The van der Waals surface area contributed by atoms with Gasteiger partial charge in [0.15, 0.2) is 5.96 Å². The predicted molar refractivity (Wildman–Crippen MR) is 114 cm³/mol. The molecule has 2 heterocycles. The van der Waals surface area contributed by atoms with Gasteiger partial charge in [0, 0.05) is 26.2 Å². The van der Waals surface area contributed by atoms with Gasteiger partial charge in [-0.3, -0.25) is 9.79 Å². The maximum atomic E-state index is 11.8. The molecule has 1 fully saturated rings. The summed E-state index contributed by atoms with van der Waals surface area (Å²) in [6.45, 7) is 7.88. The molecule has 25 heavy (non-hydrogen) atoms.